The summed E-state index contributed by atoms with van der Waals surface area (Å²) in [6.07, 6.45) is 7.17. The number of methoxy groups -OCH3 is 2. The van der Waals surface area contributed by atoms with Crippen LogP contribution in [0.3, 0.4) is 0 Å². The SMILES string of the molecule is CO[C](=[W])C1=C(/C(C)=C/c2ccccc2)C2CCCCC12OC.[C-]#[O+].[C-]#[O+].[C-]#[O+].[C-]#[O+].[C-]#[O+]. The predicted octanol–water partition coefficient (Wildman–Crippen LogP) is 4.11. The van der Waals surface area contributed by atoms with E-state index >= 15 is 0 Å². The average molecular weight is 620 g/mol. The van der Waals surface area contributed by atoms with Gasteiger partial charge in [0.05, 0.1) is 0 Å². The molecule has 1 aromatic rings. The number of hydrogen-bond acceptors (Lipinski definition) is 2. The minimum atomic E-state index is -0.105. The Bertz CT molecular complexity index is 841. The van der Waals surface area contributed by atoms with Crippen molar-refractivity contribution in [3.63, 3.8) is 0 Å². The monoisotopic (exact) mass is 620 g/mol. The van der Waals surface area contributed by atoms with Gasteiger partial charge in [-0.05, 0) is 0 Å². The fraction of sp³-hybridized carbons (Fsp3) is 0.360. The Morgan fingerprint density at radius 2 is 1.45 bits per heavy atom. The molecule has 2 unspecified atom stereocenters. The van der Waals surface area contributed by atoms with Crippen molar-refractivity contribution in [2.75, 3.05) is 14.2 Å². The van der Waals surface area contributed by atoms with Crippen molar-refractivity contribution in [2.24, 2.45) is 5.92 Å². The number of ether oxygens (including phenoxy) is 2. The summed E-state index contributed by atoms with van der Waals surface area (Å²) in [5.41, 5.74) is 5.28. The van der Waals surface area contributed by atoms with Crippen LogP contribution in [0.2, 0.25) is 0 Å². The molecule has 0 saturated heterocycles. The van der Waals surface area contributed by atoms with Gasteiger partial charge in [-0.25, -0.2) is 0 Å². The maximum atomic E-state index is 7.50. The second-order valence-electron chi connectivity index (χ2n) is 6.41. The number of rotatable bonds is 5. The summed E-state index contributed by atoms with van der Waals surface area (Å²) in [6.45, 7) is 24.7. The van der Waals surface area contributed by atoms with E-state index < -0.39 is 0 Å². The normalized spacial score (nSPS) is 19.4. The standard InChI is InChI=1S/C20H24O2.5CO.W/c1-15(13-16-9-5-4-6-10-16)19-17-11-7-8-12-20(17,22-3)18(19)14-21-2;5*1-2;/h4-6,9-10,13,17H,7-8,11-12H2,1-3H3;;;;;;/b15-13+;;;;;;. The molecule has 1 saturated carbocycles. The second-order valence-corrected chi connectivity index (χ2v) is 7.74. The van der Waals surface area contributed by atoms with Crippen molar-refractivity contribution in [2.45, 2.75) is 38.2 Å². The van der Waals surface area contributed by atoms with Crippen LogP contribution in [0.15, 0.2) is 47.1 Å². The van der Waals surface area contributed by atoms with E-state index in [0.717, 1.165) is 10.5 Å². The van der Waals surface area contributed by atoms with Gasteiger partial charge in [-0.3, -0.25) is 0 Å². The zero-order chi connectivity index (χ0) is 26.4. The van der Waals surface area contributed by atoms with Crippen molar-refractivity contribution in [3.8, 4) is 0 Å². The molecular weight excluding hydrogens is 596 g/mol. The molecule has 0 N–H and O–H groups in total. The Labute approximate surface area is 206 Å². The molecular formula is C25H24O7W. The molecule has 0 radical (unpaired) electrons. The first-order chi connectivity index (χ1) is 16.1. The van der Waals surface area contributed by atoms with E-state index in [4.69, 9.17) is 32.7 Å². The molecule has 172 valence electrons. The van der Waals surface area contributed by atoms with Gasteiger partial charge in [0.25, 0.3) is 0 Å². The second kappa shape index (κ2) is 21.7. The van der Waals surface area contributed by atoms with E-state index in [0.29, 0.717) is 5.92 Å². The molecule has 0 amide bonds. The fourth-order valence-electron chi connectivity index (χ4n) is 4.22. The maximum absolute atomic E-state index is 7.50. The Kier molecular flexibility index (Phi) is 23.3. The van der Waals surface area contributed by atoms with E-state index in [1.54, 1.807) is 7.11 Å². The Hall–Kier alpha value is -2.12. The van der Waals surface area contributed by atoms with Crippen molar-refractivity contribution in [3.05, 3.63) is 85.9 Å². The molecule has 0 bridgehead atoms. The summed E-state index contributed by atoms with van der Waals surface area (Å²) >= 11 is 1.38. The molecule has 8 heteroatoms. The molecule has 33 heavy (non-hydrogen) atoms. The van der Waals surface area contributed by atoms with Gasteiger partial charge in [0, 0.05) is 0 Å². The molecule has 0 heterocycles. The van der Waals surface area contributed by atoms with Crippen LogP contribution in [-0.4, -0.2) is 23.9 Å². The van der Waals surface area contributed by atoms with Crippen LogP contribution in [0.25, 0.3) is 6.08 Å². The zero-order valence-corrected chi connectivity index (χ0v) is 21.6. The van der Waals surface area contributed by atoms with Crippen molar-refractivity contribution < 1.29 is 52.1 Å². The zero-order valence-electron chi connectivity index (χ0n) is 18.6. The van der Waals surface area contributed by atoms with Gasteiger partial charge in [0.15, 0.2) is 0 Å². The first-order valence-corrected chi connectivity index (χ1v) is 10.7. The van der Waals surface area contributed by atoms with E-state index in [-0.39, 0.29) is 5.60 Å². The summed E-state index contributed by atoms with van der Waals surface area (Å²) in [4.78, 5) is 0. The molecule has 3 rings (SSSR count). The number of hydrogen-bond donors (Lipinski definition) is 0. The predicted molar refractivity (Wildman–Crippen MR) is 110 cm³/mol. The minimum absolute atomic E-state index is 0.105. The Morgan fingerprint density at radius 1 is 0.939 bits per heavy atom. The van der Waals surface area contributed by atoms with Gasteiger partial charge < -0.3 is 0 Å². The van der Waals surface area contributed by atoms with Crippen LogP contribution in [0.5, 0.6) is 0 Å². The first kappa shape index (κ1) is 35.5. The third-order valence-corrected chi connectivity index (χ3v) is 6.59. The summed E-state index contributed by atoms with van der Waals surface area (Å²) in [5, 5.41) is 0. The van der Waals surface area contributed by atoms with E-state index in [1.165, 1.54) is 60.9 Å². The van der Waals surface area contributed by atoms with E-state index in [2.05, 4.69) is 76.6 Å². The Morgan fingerprint density at radius 3 is 1.91 bits per heavy atom. The molecule has 0 spiro atoms. The fourth-order valence-corrected chi connectivity index (χ4v) is 5.24. The molecule has 2 atom stereocenters. The van der Waals surface area contributed by atoms with Crippen LogP contribution in [0.1, 0.15) is 38.2 Å². The molecule has 0 aromatic heterocycles. The topological polar surface area (TPSA) is 118 Å². The average Bonchev–Trinajstić information content (AvgIpc) is 2.91. The van der Waals surface area contributed by atoms with E-state index in [9.17, 15) is 0 Å². The third kappa shape index (κ3) is 8.97. The van der Waals surface area contributed by atoms with Crippen LogP contribution in [-0.2, 0) is 52.1 Å². The molecule has 0 aliphatic heterocycles. The molecule has 2 aliphatic rings. The van der Waals surface area contributed by atoms with Crippen LogP contribution in [0.4, 0.5) is 0 Å². The first-order valence-electron chi connectivity index (χ1n) is 9.28. The van der Waals surface area contributed by atoms with Gasteiger partial charge in [-0.2, -0.15) is 0 Å². The van der Waals surface area contributed by atoms with Gasteiger partial charge in [-0.1, -0.05) is 0 Å². The molecule has 7 nitrogen and oxygen atoms in total. The van der Waals surface area contributed by atoms with Crippen LogP contribution < -0.4 is 0 Å². The number of fused-ring (bicyclic) bond motifs is 1. The quantitative estimate of drug-likeness (QED) is 0.364. The van der Waals surface area contributed by atoms with Crippen molar-refractivity contribution in [1.82, 2.24) is 0 Å². The van der Waals surface area contributed by atoms with Crippen molar-refractivity contribution in [1.29, 1.82) is 0 Å². The third-order valence-electron chi connectivity index (χ3n) is 5.26. The summed E-state index contributed by atoms with van der Waals surface area (Å²) < 4.78 is 50.3. The summed E-state index contributed by atoms with van der Waals surface area (Å²) in [7, 11) is 3.65. The molecule has 1 aromatic carbocycles. The van der Waals surface area contributed by atoms with Gasteiger partial charge >= 0.3 is 206 Å². The molecule has 1 fully saturated rings. The van der Waals surface area contributed by atoms with Crippen molar-refractivity contribution >= 4 is 10.2 Å². The Balaban J connectivity index is -0.000000798. The van der Waals surface area contributed by atoms with Crippen LogP contribution >= 0.6 is 0 Å². The van der Waals surface area contributed by atoms with Crippen LogP contribution in [0, 0.1) is 39.2 Å². The van der Waals surface area contributed by atoms with Gasteiger partial charge in [0.1, 0.15) is 0 Å². The van der Waals surface area contributed by atoms with Gasteiger partial charge in [-0.15, -0.1) is 0 Å². The van der Waals surface area contributed by atoms with E-state index in [1.807, 2.05) is 7.11 Å². The molecule has 2 aliphatic carbocycles. The summed E-state index contributed by atoms with van der Waals surface area (Å²) in [5.74, 6) is 0.515. The number of benzene rings is 1. The van der Waals surface area contributed by atoms with Gasteiger partial charge in [0.2, 0.25) is 0 Å². The summed E-state index contributed by atoms with van der Waals surface area (Å²) in [6, 6.07) is 10.6. The number of allylic oxidation sites excluding steroid dienone is 1.